The minimum Gasteiger partial charge on any atom is -0.497 e. The van der Waals surface area contributed by atoms with E-state index >= 15 is 0 Å². The Morgan fingerprint density at radius 3 is 2.75 bits per heavy atom. The van der Waals surface area contributed by atoms with Gasteiger partial charge in [-0.15, -0.1) is 0 Å². The topological polar surface area (TPSA) is 62.1 Å². The zero-order valence-corrected chi connectivity index (χ0v) is 8.93. The number of hydrogen-bond donors (Lipinski definition) is 1. The van der Waals surface area contributed by atoms with Crippen molar-refractivity contribution in [1.29, 1.82) is 5.26 Å². The van der Waals surface area contributed by atoms with Crippen molar-refractivity contribution >= 4 is 12.0 Å². The SMILES string of the molecule is COc1ccc(C=CC(=O)NCC#N)cc1. The lowest BCUT2D eigenvalue weighted by atomic mass is 10.2. The van der Waals surface area contributed by atoms with Gasteiger partial charge in [0.25, 0.3) is 0 Å². The summed E-state index contributed by atoms with van der Waals surface area (Å²) >= 11 is 0. The van der Waals surface area contributed by atoms with Crippen LogP contribution in [-0.4, -0.2) is 19.6 Å². The Hall–Kier alpha value is -2.28. The minimum absolute atomic E-state index is 0.0196. The molecule has 0 aliphatic carbocycles. The molecule has 0 aromatic heterocycles. The first-order valence-corrected chi connectivity index (χ1v) is 4.73. The van der Waals surface area contributed by atoms with Crippen molar-refractivity contribution in [3.8, 4) is 11.8 Å². The number of rotatable bonds is 4. The van der Waals surface area contributed by atoms with Gasteiger partial charge < -0.3 is 10.1 Å². The number of nitrogens with zero attached hydrogens (tertiary/aromatic N) is 1. The Labute approximate surface area is 94.1 Å². The molecule has 0 aliphatic heterocycles. The standard InChI is InChI=1S/C12H12N2O2/c1-16-11-5-2-10(3-6-11)4-7-12(15)14-9-8-13/h2-7H,9H2,1H3,(H,14,15). The number of hydrogen-bond acceptors (Lipinski definition) is 3. The van der Waals surface area contributed by atoms with Crippen molar-refractivity contribution in [2.75, 3.05) is 13.7 Å². The van der Waals surface area contributed by atoms with Gasteiger partial charge in [0.2, 0.25) is 5.91 Å². The smallest absolute Gasteiger partial charge is 0.244 e. The molecule has 0 spiro atoms. The maximum atomic E-state index is 11.1. The van der Waals surface area contributed by atoms with Gasteiger partial charge in [0.1, 0.15) is 12.3 Å². The number of carbonyl (C=O) groups excluding carboxylic acids is 1. The Balaban J connectivity index is 2.56. The van der Waals surface area contributed by atoms with Gasteiger partial charge in [-0.2, -0.15) is 5.26 Å². The molecule has 1 aromatic carbocycles. The minimum atomic E-state index is -0.280. The van der Waals surface area contributed by atoms with Crippen LogP contribution < -0.4 is 10.1 Å². The van der Waals surface area contributed by atoms with Crippen molar-refractivity contribution in [1.82, 2.24) is 5.32 Å². The maximum absolute atomic E-state index is 11.1. The molecule has 0 atom stereocenters. The predicted octanol–water partition coefficient (Wildman–Crippen LogP) is 1.35. The number of carbonyl (C=O) groups is 1. The van der Waals surface area contributed by atoms with E-state index in [0.717, 1.165) is 11.3 Å². The van der Waals surface area contributed by atoms with E-state index in [9.17, 15) is 4.79 Å². The highest BCUT2D eigenvalue weighted by molar-refractivity contribution is 5.91. The van der Waals surface area contributed by atoms with Crippen LogP contribution in [0.5, 0.6) is 5.75 Å². The molecule has 0 unspecified atom stereocenters. The summed E-state index contributed by atoms with van der Waals surface area (Å²) < 4.78 is 5.01. The average Bonchev–Trinajstić information content (AvgIpc) is 2.34. The van der Waals surface area contributed by atoms with E-state index in [0.29, 0.717) is 0 Å². The lowest BCUT2D eigenvalue weighted by Crippen LogP contribution is -2.20. The first-order chi connectivity index (χ1) is 7.76. The normalized spacial score (nSPS) is 9.75. The molecule has 0 bridgehead atoms. The van der Waals surface area contributed by atoms with E-state index in [1.54, 1.807) is 13.2 Å². The Kier molecular flexibility index (Phi) is 4.61. The fraction of sp³-hybridized carbons (Fsp3) is 0.167. The van der Waals surface area contributed by atoms with E-state index in [1.165, 1.54) is 6.08 Å². The molecule has 0 aliphatic rings. The van der Waals surface area contributed by atoms with Gasteiger partial charge >= 0.3 is 0 Å². The highest BCUT2D eigenvalue weighted by Crippen LogP contribution is 2.11. The molecule has 1 N–H and O–H groups in total. The molecule has 1 aromatic rings. The van der Waals surface area contributed by atoms with Crippen LogP contribution in [-0.2, 0) is 4.79 Å². The highest BCUT2D eigenvalue weighted by atomic mass is 16.5. The van der Waals surface area contributed by atoms with Crippen molar-refractivity contribution in [2.45, 2.75) is 0 Å². The number of nitriles is 1. The molecular formula is C12H12N2O2. The van der Waals surface area contributed by atoms with Crippen molar-refractivity contribution < 1.29 is 9.53 Å². The van der Waals surface area contributed by atoms with Crippen molar-refractivity contribution in [3.63, 3.8) is 0 Å². The molecule has 4 heteroatoms. The number of benzene rings is 1. The first-order valence-electron chi connectivity index (χ1n) is 4.73. The van der Waals surface area contributed by atoms with Crippen LogP contribution in [0.2, 0.25) is 0 Å². The Morgan fingerprint density at radius 1 is 1.50 bits per heavy atom. The summed E-state index contributed by atoms with van der Waals surface area (Å²) in [5, 5.41) is 10.7. The van der Waals surface area contributed by atoms with Crippen LogP contribution in [0.25, 0.3) is 6.08 Å². The largest absolute Gasteiger partial charge is 0.497 e. The average molecular weight is 216 g/mol. The van der Waals surface area contributed by atoms with E-state index in [4.69, 9.17) is 10.00 Å². The van der Waals surface area contributed by atoms with Gasteiger partial charge in [0, 0.05) is 6.08 Å². The molecule has 0 saturated heterocycles. The third kappa shape index (κ3) is 3.84. The van der Waals surface area contributed by atoms with E-state index in [2.05, 4.69) is 5.32 Å². The summed E-state index contributed by atoms with van der Waals surface area (Å²) in [7, 11) is 1.60. The molecule has 4 nitrogen and oxygen atoms in total. The molecule has 0 heterocycles. The number of ether oxygens (including phenoxy) is 1. The third-order valence-corrected chi connectivity index (χ3v) is 1.88. The van der Waals surface area contributed by atoms with Crippen LogP contribution in [0.1, 0.15) is 5.56 Å². The summed E-state index contributed by atoms with van der Waals surface area (Å²) in [6.45, 7) is 0.0196. The quantitative estimate of drug-likeness (QED) is 0.610. The zero-order chi connectivity index (χ0) is 11.8. The third-order valence-electron chi connectivity index (χ3n) is 1.88. The monoisotopic (exact) mass is 216 g/mol. The van der Waals surface area contributed by atoms with Crippen molar-refractivity contribution in [2.24, 2.45) is 0 Å². The van der Waals surface area contributed by atoms with E-state index < -0.39 is 0 Å². The van der Waals surface area contributed by atoms with Gasteiger partial charge in [0.15, 0.2) is 0 Å². The van der Waals surface area contributed by atoms with Crippen LogP contribution in [0, 0.1) is 11.3 Å². The van der Waals surface area contributed by atoms with Gasteiger partial charge in [-0.1, -0.05) is 12.1 Å². The van der Waals surface area contributed by atoms with Gasteiger partial charge in [-0.25, -0.2) is 0 Å². The van der Waals surface area contributed by atoms with Crippen LogP contribution in [0.3, 0.4) is 0 Å². The van der Waals surface area contributed by atoms with E-state index in [1.807, 2.05) is 30.3 Å². The van der Waals surface area contributed by atoms with Gasteiger partial charge in [0.05, 0.1) is 13.2 Å². The molecule has 82 valence electrons. The van der Waals surface area contributed by atoms with Crippen molar-refractivity contribution in [3.05, 3.63) is 35.9 Å². The number of amides is 1. The summed E-state index contributed by atoms with van der Waals surface area (Å²) in [5.74, 6) is 0.489. The second-order valence-electron chi connectivity index (χ2n) is 2.98. The van der Waals surface area contributed by atoms with E-state index in [-0.39, 0.29) is 12.5 Å². The lowest BCUT2D eigenvalue weighted by Gasteiger charge is -1.99. The molecule has 0 radical (unpaired) electrons. The Morgan fingerprint density at radius 2 is 2.19 bits per heavy atom. The number of nitrogens with one attached hydrogen (secondary N) is 1. The fourth-order valence-corrected chi connectivity index (χ4v) is 1.07. The molecule has 16 heavy (non-hydrogen) atoms. The Bertz CT molecular complexity index is 416. The summed E-state index contributed by atoms with van der Waals surface area (Å²) in [4.78, 5) is 11.1. The predicted molar refractivity (Wildman–Crippen MR) is 60.7 cm³/mol. The molecule has 0 fully saturated rings. The first kappa shape index (κ1) is 11.8. The second-order valence-corrected chi connectivity index (χ2v) is 2.98. The van der Waals surface area contributed by atoms with Crippen LogP contribution >= 0.6 is 0 Å². The maximum Gasteiger partial charge on any atom is 0.244 e. The summed E-state index contributed by atoms with van der Waals surface area (Å²) in [6, 6.07) is 9.13. The fourth-order valence-electron chi connectivity index (χ4n) is 1.07. The van der Waals surface area contributed by atoms with Crippen LogP contribution in [0.15, 0.2) is 30.3 Å². The summed E-state index contributed by atoms with van der Waals surface area (Å²) in [5.41, 5.74) is 0.896. The molecule has 0 saturated carbocycles. The summed E-state index contributed by atoms with van der Waals surface area (Å²) in [6.07, 6.45) is 3.06. The highest BCUT2D eigenvalue weighted by Gasteiger charge is 1.93. The lowest BCUT2D eigenvalue weighted by molar-refractivity contribution is -0.116. The van der Waals surface area contributed by atoms with Gasteiger partial charge in [-0.3, -0.25) is 4.79 Å². The van der Waals surface area contributed by atoms with Gasteiger partial charge in [-0.05, 0) is 23.8 Å². The molecular weight excluding hydrogens is 204 g/mol. The zero-order valence-electron chi connectivity index (χ0n) is 8.93. The molecule has 1 amide bonds. The number of methoxy groups -OCH3 is 1. The second kappa shape index (κ2) is 6.25. The van der Waals surface area contributed by atoms with Crippen LogP contribution in [0.4, 0.5) is 0 Å². The molecule has 1 rings (SSSR count).